The van der Waals surface area contributed by atoms with Crippen LogP contribution in [0.3, 0.4) is 0 Å². The fraction of sp³-hybridized carbons (Fsp3) is 0.533. The Hall–Kier alpha value is -1.00. The van der Waals surface area contributed by atoms with Crippen molar-refractivity contribution in [1.82, 2.24) is 5.32 Å². The van der Waals surface area contributed by atoms with Gasteiger partial charge in [-0.25, -0.2) is 0 Å². The van der Waals surface area contributed by atoms with E-state index in [4.69, 9.17) is 4.74 Å². The third-order valence-corrected chi connectivity index (χ3v) is 4.07. The molecule has 1 aliphatic heterocycles. The minimum atomic E-state index is 0.0751. The molecule has 1 heterocycles. The van der Waals surface area contributed by atoms with Gasteiger partial charge in [0.15, 0.2) is 0 Å². The quantitative estimate of drug-likeness (QED) is 0.842. The van der Waals surface area contributed by atoms with Gasteiger partial charge in [0.25, 0.3) is 0 Å². The molecule has 0 aromatic heterocycles. The second-order valence-electron chi connectivity index (χ2n) is 4.82. The number of benzene rings is 1. The van der Waals surface area contributed by atoms with Crippen LogP contribution in [0.1, 0.15) is 24.8 Å². The van der Waals surface area contributed by atoms with Gasteiger partial charge in [0.05, 0.1) is 12.5 Å². The van der Waals surface area contributed by atoms with Crippen LogP contribution in [0.2, 0.25) is 0 Å². The Bertz CT molecular complexity index is 399. The van der Waals surface area contributed by atoms with Crippen LogP contribution in [0.4, 0.5) is 0 Å². The van der Waals surface area contributed by atoms with Crippen molar-refractivity contribution in [3.05, 3.63) is 29.8 Å². The van der Waals surface area contributed by atoms with Crippen LogP contribution >= 0.6 is 11.8 Å². The molecule has 2 rings (SSSR count). The normalized spacial score (nSPS) is 19.1. The average Bonchev–Trinajstić information content (AvgIpc) is 2.47. The van der Waals surface area contributed by atoms with Crippen molar-refractivity contribution in [2.24, 2.45) is 0 Å². The highest BCUT2D eigenvalue weighted by atomic mass is 32.2. The number of hydrogen-bond acceptors (Lipinski definition) is 3. The number of nitrogens with one attached hydrogen (secondary N) is 1. The summed E-state index contributed by atoms with van der Waals surface area (Å²) < 4.78 is 5.59. The van der Waals surface area contributed by atoms with E-state index < -0.39 is 0 Å². The molecule has 1 aromatic carbocycles. The highest BCUT2D eigenvalue weighted by molar-refractivity contribution is 7.98. The molecular weight excluding hydrogens is 258 g/mol. The highest BCUT2D eigenvalue weighted by Gasteiger charge is 2.14. The molecule has 104 valence electrons. The van der Waals surface area contributed by atoms with Crippen molar-refractivity contribution >= 4 is 17.7 Å². The predicted octanol–water partition coefficient (Wildman–Crippen LogP) is 2.64. The van der Waals surface area contributed by atoms with Gasteiger partial charge in [-0.3, -0.25) is 4.79 Å². The molecule has 0 bridgehead atoms. The molecule has 3 nitrogen and oxygen atoms in total. The number of carbonyl (C=O) groups excluding carboxylic acids is 1. The number of hydrogen-bond donors (Lipinski definition) is 1. The van der Waals surface area contributed by atoms with Gasteiger partial charge in [0.2, 0.25) is 5.91 Å². The number of thioether (sulfide) groups is 1. The minimum Gasteiger partial charge on any atom is -0.376 e. The Balaban J connectivity index is 1.73. The standard InChI is InChI=1S/C15H21NO2S/c1-19-14-7-5-12(6-8-14)10-15(17)16-11-13-4-2-3-9-18-13/h5-8,13H,2-4,9-11H2,1H3,(H,16,17)/t13-/m1/s1. The molecule has 0 unspecified atom stereocenters. The summed E-state index contributed by atoms with van der Waals surface area (Å²) in [6.45, 7) is 1.47. The molecule has 1 aromatic rings. The monoisotopic (exact) mass is 279 g/mol. The molecule has 1 saturated heterocycles. The maximum Gasteiger partial charge on any atom is 0.224 e. The average molecular weight is 279 g/mol. The van der Waals surface area contributed by atoms with E-state index in [0.717, 1.165) is 25.0 Å². The molecule has 19 heavy (non-hydrogen) atoms. The van der Waals surface area contributed by atoms with Gasteiger partial charge in [-0.1, -0.05) is 12.1 Å². The van der Waals surface area contributed by atoms with Crippen LogP contribution in [-0.4, -0.2) is 31.4 Å². The van der Waals surface area contributed by atoms with Crippen molar-refractivity contribution < 1.29 is 9.53 Å². The summed E-state index contributed by atoms with van der Waals surface area (Å²) in [7, 11) is 0. The lowest BCUT2D eigenvalue weighted by atomic mass is 10.1. The van der Waals surface area contributed by atoms with Crippen molar-refractivity contribution in [2.75, 3.05) is 19.4 Å². The first-order chi connectivity index (χ1) is 9.28. The zero-order valence-electron chi connectivity index (χ0n) is 11.4. The summed E-state index contributed by atoms with van der Waals surface area (Å²) >= 11 is 1.71. The summed E-state index contributed by atoms with van der Waals surface area (Å²) in [5.74, 6) is 0.0751. The SMILES string of the molecule is CSc1ccc(CC(=O)NC[C@H]2CCCCO2)cc1. The van der Waals surface area contributed by atoms with Gasteiger partial charge < -0.3 is 10.1 Å². The van der Waals surface area contributed by atoms with Crippen molar-refractivity contribution in [3.8, 4) is 0 Å². The predicted molar refractivity (Wildman–Crippen MR) is 78.5 cm³/mol. The maximum atomic E-state index is 11.8. The fourth-order valence-corrected chi connectivity index (χ4v) is 2.60. The molecule has 1 N–H and O–H groups in total. The highest BCUT2D eigenvalue weighted by Crippen LogP contribution is 2.15. The van der Waals surface area contributed by atoms with Crippen LogP contribution in [0, 0.1) is 0 Å². The molecule has 0 radical (unpaired) electrons. The third-order valence-electron chi connectivity index (χ3n) is 3.32. The minimum absolute atomic E-state index is 0.0751. The Kier molecular flexibility index (Phi) is 5.73. The molecule has 0 saturated carbocycles. The molecular formula is C15H21NO2S. The smallest absolute Gasteiger partial charge is 0.224 e. The van der Waals surface area contributed by atoms with E-state index in [2.05, 4.69) is 17.4 Å². The maximum absolute atomic E-state index is 11.8. The number of amides is 1. The van der Waals surface area contributed by atoms with E-state index in [0.29, 0.717) is 13.0 Å². The van der Waals surface area contributed by atoms with Crippen LogP contribution in [0.15, 0.2) is 29.2 Å². The first-order valence-corrected chi connectivity index (χ1v) is 8.01. The topological polar surface area (TPSA) is 38.3 Å². The Morgan fingerprint density at radius 2 is 2.16 bits per heavy atom. The van der Waals surface area contributed by atoms with Gasteiger partial charge in [0.1, 0.15) is 0 Å². The molecule has 0 spiro atoms. The summed E-state index contributed by atoms with van der Waals surface area (Å²) in [5.41, 5.74) is 1.06. The Morgan fingerprint density at radius 1 is 1.37 bits per heavy atom. The van der Waals surface area contributed by atoms with E-state index in [-0.39, 0.29) is 12.0 Å². The number of ether oxygens (including phenoxy) is 1. The summed E-state index contributed by atoms with van der Waals surface area (Å²) in [6, 6.07) is 8.14. The van der Waals surface area contributed by atoms with E-state index in [1.165, 1.54) is 11.3 Å². The first-order valence-electron chi connectivity index (χ1n) is 6.79. The van der Waals surface area contributed by atoms with Gasteiger partial charge in [0, 0.05) is 18.0 Å². The van der Waals surface area contributed by atoms with Crippen molar-refractivity contribution in [2.45, 2.75) is 36.7 Å². The second-order valence-corrected chi connectivity index (χ2v) is 5.70. The zero-order valence-corrected chi connectivity index (χ0v) is 12.2. The first kappa shape index (κ1) is 14.4. The van der Waals surface area contributed by atoms with Crippen molar-refractivity contribution in [3.63, 3.8) is 0 Å². The van der Waals surface area contributed by atoms with E-state index in [1.807, 2.05) is 18.4 Å². The summed E-state index contributed by atoms with van der Waals surface area (Å²) in [5, 5.41) is 2.96. The molecule has 1 fully saturated rings. The second kappa shape index (κ2) is 7.56. The van der Waals surface area contributed by atoms with Crippen LogP contribution in [-0.2, 0) is 16.0 Å². The summed E-state index contributed by atoms with van der Waals surface area (Å²) in [4.78, 5) is 13.1. The largest absolute Gasteiger partial charge is 0.376 e. The van der Waals surface area contributed by atoms with E-state index >= 15 is 0 Å². The lowest BCUT2D eigenvalue weighted by Crippen LogP contribution is -2.36. The zero-order chi connectivity index (χ0) is 13.5. The lowest BCUT2D eigenvalue weighted by molar-refractivity contribution is -0.121. The van der Waals surface area contributed by atoms with Crippen LogP contribution < -0.4 is 5.32 Å². The van der Waals surface area contributed by atoms with E-state index in [1.54, 1.807) is 11.8 Å². The van der Waals surface area contributed by atoms with Crippen LogP contribution in [0.5, 0.6) is 0 Å². The molecule has 1 aliphatic rings. The molecule has 0 aliphatic carbocycles. The van der Waals surface area contributed by atoms with Crippen molar-refractivity contribution in [1.29, 1.82) is 0 Å². The van der Waals surface area contributed by atoms with Gasteiger partial charge in [-0.2, -0.15) is 0 Å². The Morgan fingerprint density at radius 3 is 2.79 bits per heavy atom. The van der Waals surface area contributed by atoms with Gasteiger partial charge in [-0.05, 0) is 43.2 Å². The summed E-state index contributed by atoms with van der Waals surface area (Å²) in [6.07, 6.45) is 6.11. The molecule has 1 amide bonds. The lowest BCUT2D eigenvalue weighted by Gasteiger charge is -2.22. The fourth-order valence-electron chi connectivity index (χ4n) is 2.19. The number of rotatable bonds is 5. The van der Waals surface area contributed by atoms with Gasteiger partial charge >= 0.3 is 0 Å². The van der Waals surface area contributed by atoms with Crippen LogP contribution in [0.25, 0.3) is 0 Å². The molecule has 1 atom stereocenters. The van der Waals surface area contributed by atoms with E-state index in [9.17, 15) is 4.79 Å². The van der Waals surface area contributed by atoms with Gasteiger partial charge in [-0.15, -0.1) is 11.8 Å². The number of carbonyl (C=O) groups is 1. The third kappa shape index (κ3) is 4.88. The molecule has 4 heteroatoms. The Labute approximate surface area is 119 Å².